The van der Waals surface area contributed by atoms with Gasteiger partial charge in [0, 0.05) is 16.3 Å². The Morgan fingerprint density at radius 1 is 1.31 bits per heavy atom. The van der Waals surface area contributed by atoms with Crippen LogP contribution in [0.2, 0.25) is 5.02 Å². The largest absolute Gasteiger partial charge is 0.207 e. The molecule has 2 rings (SSSR count). The predicted octanol–water partition coefficient (Wildman–Crippen LogP) is 4.14. The number of thiophene rings is 1. The van der Waals surface area contributed by atoms with Gasteiger partial charge in [0.1, 0.15) is 11.6 Å². The Morgan fingerprint density at radius 2 is 2.00 bits per heavy atom. The number of rotatable bonds is 0. The van der Waals surface area contributed by atoms with Gasteiger partial charge >= 0.3 is 0 Å². The average Bonchev–Trinajstić information content (AvgIpc) is 2.32. The van der Waals surface area contributed by atoms with Crippen LogP contribution in [0.1, 0.15) is 4.88 Å². The van der Waals surface area contributed by atoms with Gasteiger partial charge in [-0.1, -0.05) is 11.6 Å². The lowest BCUT2D eigenvalue weighted by Gasteiger charge is -1.92. The van der Waals surface area contributed by atoms with Crippen LogP contribution in [0.15, 0.2) is 12.1 Å². The molecule has 0 saturated heterocycles. The summed E-state index contributed by atoms with van der Waals surface area (Å²) in [5.41, 5.74) is 0. The first-order chi connectivity index (χ1) is 6.09. The van der Waals surface area contributed by atoms with Gasteiger partial charge in [0.25, 0.3) is 0 Å². The summed E-state index contributed by atoms with van der Waals surface area (Å²) in [4.78, 5) is 0.807. The fourth-order valence-corrected chi connectivity index (χ4v) is 2.47. The van der Waals surface area contributed by atoms with Crippen molar-refractivity contribution in [3.63, 3.8) is 0 Å². The van der Waals surface area contributed by atoms with Gasteiger partial charge in [0.05, 0.1) is 9.72 Å². The molecule has 13 heavy (non-hydrogen) atoms. The van der Waals surface area contributed by atoms with Gasteiger partial charge in [0.2, 0.25) is 0 Å². The zero-order valence-electron chi connectivity index (χ0n) is 6.70. The summed E-state index contributed by atoms with van der Waals surface area (Å²) in [6.45, 7) is 1.78. The Bertz CT molecular complexity index is 476. The third-order valence-corrected chi connectivity index (χ3v) is 3.54. The van der Waals surface area contributed by atoms with Crippen LogP contribution in [0.3, 0.4) is 0 Å². The van der Waals surface area contributed by atoms with Crippen molar-refractivity contribution in [2.75, 3.05) is 0 Å². The lowest BCUT2D eigenvalue weighted by molar-refractivity contribution is 0.593. The first kappa shape index (κ1) is 8.91. The molecule has 0 atom stereocenters. The molecule has 0 radical (unpaired) electrons. The van der Waals surface area contributed by atoms with E-state index in [1.807, 2.05) is 0 Å². The molecule has 0 saturated carbocycles. The lowest BCUT2D eigenvalue weighted by Crippen LogP contribution is -1.78. The van der Waals surface area contributed by atoms with Crippen LogP contribution in [0, 0.1) is 18.6 Å². The molecular formula is C9H5ClF2S. The SMILES string of the molecule is Cc1sc2c(F)cc(F)cc2c1Cl. The first-order valence-corrected chi connectivity index (χ1v) is 4.82. The molecule has 1 heterocycles. The first-order valence-electron chi connectivity index (χ1n) is 3.63. The molecule has 0 N–H and O–H groups in total. The fraction of sp³-hybridized carbons (Fsp3) is 0.111. The minimum absolute atomic E-state index is 0.420. The quantitative estimate of drug-likeness (QED) is 0.624. The molecule has 68 valence electrons. The Balaban J connectivity index is 2.94. The lowest BCUT2D eigenvalue weighted by atomic mass is 10.2. The summed E-state index contributed by atoms with van der Waals surface area (Å²) in [5, 5.41) is 0.903. The van der Waals surface area contributed by atoms with Crippen molar-refractivity contribution >= 4 is 33.0 Å². The third-order valence-electron chi connectivity index (χ3n) is 1.81. The maximum Gasteiger partial charge on any atom is 0.143 e. The van der Waals surface area contributed by atoms with Crippen LogP contribution < -0.4 is 0 Å². The fourth-order valence-electron chi connectivity index (χ4n) is 1.21. The van der Waals surface area contributed by atoms with E-state index in [1.54, 1.807) is 6.92 Å². The molecule has 0 nitrogen and oxygen atoms in total. The topological polar surface area (TPSA) is 0 Å². The Labute approximate surface area is 82.8 Å². The van der Waals surface area contributed by atoms with Crippen LogP contribution in [-0.4, -0.2) is 0 Å². The van der Waals surface area contributed by atoms with Gasteiger partial charge in [-0.15, -0.1) is 11.3 Å². The number of aryl methyl sites for hydroxylation is 1. The summed E-state index contributed by atoms with van der Waals surface area (Å²) in [6.07, 6.45) is 0. The minimum atomic E-state index is -0.593. The smallest absolute Gasteiger partial charge is 0.143 e. The van der Waals surface area contributed by atoms with Crippen molar-refractivity contribution < 1.29 is 8.78 Å². The molecule has 0 fully saturated rings. The van der Waals surface area contributed by atoms with E-state index in [-0.39, 0.29) is 0 Å². The molecule has 4 heteroatoms. The third kappa shape index (κ3) is 1.32. The average molecular weight is 219 g/mol. The maximum absolute atomic E-state index is 13.2. The summed E-state index contributed by atoms with van der Waals surface area (Å²) < 4.78 is 26.4. The molecular weight excluding hydrogens is 214 g/mol. The van der Waals surface area contributed by atoms with Crippen molar-refractivity contribution in [2.24, 2.45) is 0 Å². The normalized spacial score (nSPS) is 11.1. The highest BCUT2D eigenvalue weighted by Crippen LogP contribution is 2.36. The summed E-state index contributed by atoms with van der Waals surface area (Å²) >= 11 is 7.10. The van der Waals surface area contributed by atoms with E-state index in [0.717, 1.165) is 10.9 Å². The second-order valence-corrected chi connectivity index (χ2v) is 4.34. The minimum Gasteiger partial charge on any atom is -0.207 e. The summed E-state index contributed by atoms with van der Waals surface area (Å²) in [7, 11) is 0. The van der Waals surface area contributed by atoms with E-state index in [4.69, 9.17) is 11.6 Å². The molecule has 0 aliphatic carbocycles. The van der Waals surface area contributed by atoms with Gasteiger partial charge < -0.3 is 0 Å². The van der Waals surface area contributed by atoms with E-state index in [1.165, 1.54) is 17.4 Å². The van der Waals surface area contributed by atoms with Crippen LogP contribution in [-0.2, 0) is 0 Å². The molecule has 0 aliphatic rings. The van der Waals surface area contributed by atoms with E-state index < -0.39 is 11.6 Å². The van der Waals surface area contributed by atoms with Crippen LogP contribution >= 0.6 is 22.9 Å². The summed E-state index contributed by atoms with van der Waals surface area (Å²) in [5.74, 6) is -1.14. The van der Waals surface area contributed by atoms with Crippen LogP contribution in [0.25, 0.3) is 10.1 Å². The Hall–Kier alpha value is -0.670. The summed E-state index contributed by atoms with van der Waals surface area (Å²) in [6, 6.07) is 2.12. The van der Waals surface area contributed by atoms with Gasteiger partial charge in [-0.3, -0.25) is 0 Å². The van der Waals surface area contributed by atoms with Crippen molar-refractivity contribution in [1.29, 1.82) is 0 Å². The van der Waals surface area contributed by atoms with Crippen LogP contribution in [0.4, 0.5) is 8.78 Å². The second-order valence-electron chi connectivity index (χ2n) is 2.74. The monoisotopic (exact) mass is 218 g/mol. The van der Waals surface area contributed by atoms with E-state index >= 15 is 0 Å². The molecule has 0 aliphatic heterocycles. The van der Waals surface area contributed by atoms with E-state index in [9.17, 15) is 8.78 Å². The Kier molecular flexibility index (Phi) is 2.00. The highest BCUT2D eigenvalue weighted by Gasteiger charge is 2.11. The highest BCUT2D eigenvalue weighted by molar-refractivity contribution is 7.19. The van der Waals surface area contributed by atoms with Gasteiger partial charge in [-0.25, -0.2) is 8.78 Å². The van der Waals surface area contributed by atoms with Gasteiger partial charge in [-0.2, -0.15) is 0 Å². The van der Waals surface area contributed by atoms with Gasteiger partial charge in [-0.05, 0) is 13.0 Å². The molecule has 1 aromatic heterocycles. The zero-order chi connectivity index (χ0) is 9.59. The standard InChI is InChI=1S/C9H5ClF2S/c1-4-8(10)6-2-5(11)3-7(12)9(6)13-4/h2-3H,1H3. The van der Waals surface area contributed by atoms with Crippen molar-refractivity contribution in [3.05, 3.63) is 33.7 Å². The molecule has 1 aromatic carbocycles. The van der Waals surface area contributed by atoms with Crippen molar-refractivity contribution in [3.8, 4) is 0 Å². The molecule has 2 aromatic rings. The zero-order valence-corrected chi connectivity index (χ0v) is 8.27. The van der Waals surface area contributed by atoms with Crippen LogP contribution in [0.5, 0.6) is 0 Å². The highest BCUT2D eigenvalue weighted by atomic mass is 35.5. The van der Waals surface area contributed by atoms with Gasteiger partial charge in [0.15, 0.2) is 0 Å². The van der Waals surface area contributed by atoms with E-state index in [0.29, 0.717) is 15.1 Å². The maximum atomic E-state index is 13.2. The number of hydrogen-bond acceptors (Lipinski definition) is 1. The van der Waals surface area contributed by atoms with E-state index in [2.05, 4.69) is 0 Å². The number of halogens is 3. The Morgan fingerprint density at radius 3 is 2.69 bits per heavy atom. The molecule has 0 amide bonds. The second kappa shape index (κ2) is 2.93. The molecule has 0 bridgehead atoms. The number of hydrogen-bond donors (Lipinski definition) is 0. The number of benzene rings is 1. The predicted molar refractivity (Wildman–Crippen MR) is 51.5 cm³/mol. The number of fused-ring (bicyclic) bond motifs is 1. The van der Waals surface area contributed by atoms with Crippen molar-refractivity contribution in [2.45, 2.75) is 6.92 Å². The molecule has 0 spiro atoms. The molecule has 0 unspecified atom stereocenters. The van der Waals surface area contributed by atoms with Crippen molar-refractivity contribution in [1.82, 2.24) is 0 Å².